The quantitative estimate of drug-likeness (QED) is 0.899. The van der Waals surface area contributed by atoms with Gasteiger partial charge in [0.1, 0.15) is 0 Å². The molecule has 2 atom stereocenters. The highest BCUT2D eigenvalue weighted by atomic mass is 16.5. The predicted octanol–water partition coefficient (Wildman–Crippen LogP) is 2.00. The van der Waals surface area contributed by atoms with Crippen molar-refractivity contribution in [2.75, 3.05) is 25.5 Å². The van der Waals surface area contributed by atoms with Crippen molar-refractivity contribution in [2.24, 2.45) is 0 Å². The number of hydrogen-bond acceptors (Lipinski definition) is 4. The van der Waals surface area contributed by atoms with Crippen molar-refractivity contribution < 1.29 is 9.53 Å². The molecule has 0 aliphatic carbocycles. The molecule has 112 valence electrons. The number of carbonyl (C=O) groups is 1. The Morgan fingerprint density at radius 1 is 1.57 bits per heavy atom. The van der Waals surface area contributed by atoms with Gasteiger partial charge in [0, 0.05) is 31.3 Å². The molecule has 0 spiro atoms. The monoisotopic (exact) mass is 287 g/mol. The third-order valence-corrected chi connectivity index (χ3v) is 3.87. The Labute approximate surface area is 125 Å². The van der Waals surface area contributed by atoms with Gasteiger partial charge < -0.3 is 15.0 Å². The highest BCUT2D eigenvalue weighted by Gasteiger charge is 2.27. The van der Waals surface area contributed by atoms with Gasteiger partial charge in [-0.15, -0.1) is 0 Å². The molecule has 1 aliphatic heterocycles. The van der Waals surface area contributed by atoms with Crippen molar-refractivity contribution in [1.82, 2.24) is 4.90 Å². The summed E-state index contributed by atoms with van der Waals surface area (Å²) in [5, 5.41) is 11.7. The summed E-state index contributed by atoms with van der Waals surface area (Å²) >= 11 is 0. The highest BCUT2D eigenvalue weighted by Crippen LogP contribution is 2.18. The van der Waals surface area contributed by atoms with Crippen LogP contribution in [0.5, 0.6) is 0 Å². The van der Waals surface area contributed by atoms with Gasteiger partial charge >= 0.3 is 0 Å². The lowest BCUT2D eigenvalue weighted by Gasteiger charge is -2.26. The van der Waals surface area contributed by atoms with Crippen LogP contribution in [0.1, 0.15) is 25.3 Å². The van der Waals surface area contributed by atoms with Crippen molar-refractivity contribution in [3.63, 3.8) is 0 Å². The molecule has 1 aromatic rings. The summed E-state index contributed by atoms with van der Waals surface area (Å²) in [6.45, 7) is 3.56. The molecule has 1 fully saturated rings. The minimum atomic E-state index is -0.0384. The molecule has 1 aromatic carbocycles. The topological polar surface area (TPSA) is 65.4 Å². The first-order chi connectivity index (χ1) is 10.1. The van der Waals surface area contributed by atoms with Crippen LogP contribution in [0, 0.1) is 11.3 Å². The second-order valence-corrected chi connectivity index (χ2v) is 5.40. The Balaban J connectivity index is 1.80. The molecule has 0 saturated carbocycles. The van der Waals surface area contributed by atoms with Gasteiger partial charge in [-0.1, -0.05) is 6.07 Å². The Bertz CT molecular complexity index is 539. The average molecular weight is 287 g/mol. The van der Waals surface area contributed by atoms with Crippen LogP contribution in [0.4, 0.5) is 5.69 Å². The SMILES string of the molecule is CC1OCCC1N(C)CCC(=O)Nc1cccc(C#N)c1. The van der Waals surface area contributed by atoms with E-state index in [0.717, 1.165) is 13.0 Å². The van der Waals surface area contributed by atoms with Crippen LogP contribution in [0.2, 0.25) is 0 Å². The standard InChI is InChI=1S/C16H21N3O2/c1-12-15(7-9-21-12)19(2)8-6-16(20)18-14-5-3-4-13(10-14)11-17/h3-5,10,12,15H,6-9H2,1-2H3,(H,18,20). The van der Waals surface area contributed by atoms with Crippen LogP contribution in [0.25, 0.3) is 0 Å². The summed E-state index contributed by atoms with van der Waals surface area (Å²) in [5.74, 6) is -0.0384. The zero-order valence-electron chi connectivity index (χ0n) is 12.5. The Morgan fingerprint density at radius 3 is 3.05 bits per heavy atom. The van der Waals surface area contributed by atoms with Gasteiger partial charge in [0.05, 0.1) is 17.7 Å². The summed E-state index contributed by atoms with van der Waals surface area (Å²) in [6.07, 6.45) is 1.67. The molecule has 1 heterocycles. The van der Waals surface area contributed by atoms with E-state index in [9.17, 15) is 4.79 Å². The molecule has 5 heteroatoms. The molecule has 21 heavy (non-hydrogen) atoms. The van der Waals surface area contributed by atoms with E-state index in [2.05, 4.69) is 23.2 Å². The molecule has 1 aliphatic rings. The zero-order chi connectivity index (χ0) is 15.2. The molecule has 2 unspecified atom stereocenters. The Kier molecular flexibility index (Phi) is 5.32. The number of ether oxygens (including phenoxy) is 1. The maximum Gasteiger partial charge on any atom is 0.225 e. The zero-order valence-corrected chi connectivity index (χ0v) is 12.5. The Morgan fingerprint density at radius 2 is 2.38 bits per heavy atom. The first kappa shape index (κ1) is 15.5. The molecule has 1 amide bonds. The number of nitriles is 1. The fourth-order valence-corrected chi connectivity index (χ4v) is 2.63. The van der Waals surface area contributed by atoms with Gasteiger partial charge in [-0.25, -0.2) is 0 Å². The molecule has 0 bridgehead atoms. The number of rotatable bonds is 5. The van der Waals surface area contributed by atoms with E-state index in [1.807, 2.05) is 7.05 Å². The number of carbonyl (C=O) groups excluding carboxylic acids is 1. The number of amides is 1. The second kappa shape index (κ2) is 7.21. The van der Waals surface area contributed by atoms with E-state index in [1.165, 1.54) is 0 Å². The Hall–Kier alpha value is -1.90. The molecule has 0 aromatic heterocycles. The van der Waals surface area contributed by atoms with E-state index in [0.29, 0.717) is 30.3 Å². The third kappa shape index (κ3) is 4.28. The number of nitrogens with one attached hydrogen (secondary N) is 1. The van der Waals surface area contributed by atoms with Gasteiger partial charge in [0.2, 0.25) is 5.91 Å². The molecule has 5 nitrogen and oxygen atoms in total. The maximum absolute atomic E-state index is 12.0. The van der Waals surface area contributed by atoms with Crippen molar-refractivity contribution in [3.05, 3.63) is 29.8 Å². The van der Waals surface area contributed by atoms with Crippen LogP contribution < -0.4 is 5.32 Å². The number of nitrogens with zero attached hydrogens (tertiary/aromatic N) is 2. The largest absolute Gasteiger partial charge is 0.377 e. The van der Waals surface area contributed by atoms with Crippen LogP contribution >= 0.6 is 0 Å². The number of anilines is 1. The lowest BCUT2D eigenvalue weighted by atomic mass is 10.1. The van der Waals surface area contributed by atoms with Crippen LogP contribution in [-0.4, -0.2) is 43.2 Å². The third-order valence-electron chi connectivity index (χ3n) is 3.87. The van der Waals surface area contributed by atoms with E-state index in [-0.39, 0.29) is 12.0 Å². The fourth-order valence-electron chi connectivity index (χ4n) is 2.63. The van der Waals surface area contributed by atoms with Crippen LogP contribution in [0.3, 0.4) is 0 Å². The smallest absolute Gasteiger partial charge is 0.225 e. The van der Waals surface area contributed by atoms with E-state index in [1.54, 1.807) is 24.3 Å². The minimum absolute atomic E-state index is 0.0384. The normalized spacial score (nSPS) is 21.2. The molecule has 2 rings (SSSR count). The average Bonchev–Trinajstić information content (AvgIpc) is 2.91. The number of hydrogen-bond donors (Lipinski definition) is 1. The van der Waals surface area contributed by atoms with Crippen molar-refractivity contribution >= 4 is 11.6 Å². The van der Waals surface area contributed by atoms with Crippen molar-refractivity contribution in [1.29, 1.82) is 5.26 Å². The second-order valence-electron chi connectivity index (χ2n) is 5.40. The predicted molar refractivity (Wildman–Crippen MR) is 80.9 cm³/mol. The van der Waals surface area contributed by atoms with Crippen LogP contribution in [0.15, 0.2) is 24.3 Å². The molecular weight excluding hydrogens is 266 g/mol. The first-order valence-electron chi connectivity index (χ1n) is 7.22. The lowest BCUT2D eigenvalue weighted by Crippen LogP contribution is -2.38. The van der Waals surface area contributed by atoms with Crippen molar-refractivity contribution in [2.45, 2.75) is 31.9 Å². The number of benzene rings is 1. The summed E-state index contributed by atoms with van der Waals surface area (Å²) in [6, 6.07) is 9.39. The van der Waals surface area contributed by atoms with Gasteiger partial charge in [-0.2, -0.15) is 5.26 Å². The van der Waals surface area contributed by atoms with Gasteiger partial charge in [-0.3, -0.25) is 4.79 Å². The van der Waals surface area contributed by atoms with Crippen molar-refractivity contribution in [3.8, 4) is 6.07 Å². The highest BCUT2D eigenvalue weighted by molar-refractivity contribution is 5.90. The molecule has 1 N–H and O–H groups in total. The van der Waals surface area contributed by atoms with E-state index >= 15 is 0 Å². The summed E-state index contributed by atoms with van der Waals surface area (Å²) in [4.78, 5) is 14.1. The van der Waals surface area contributed by atoms with Gasteiger partial charge in [-0.05, 0) is 38.6 Å². The van der Waals surface area contributed by atoms with E-state index < -0.39 is 0 Å². The van der Waals surface area contributed by atoms with E-state index in [4.69, 9.17) is 10.00 Å². The summed E-state index contributed by atoms with van der Waals surface area (Å²) in [7, 11) is 2.03. The lowest BCUT2D eigenvalue weighted by molar-refractivity contribution is -0.116. The fraction of sp³-hybridized carbons (Fsp3) is 0.500. The molecule has 1 saturated heterocycles. The first-order valence-corrected chi connectivity index (χ1v) is 7.22. The summed E-state index contributed by atoms with van der Waals surface area (Å²) in [5.41, 5.74) is 1.21. The summed E-state index contributed by atoms with van der Waals surface area (Å²) < 4.78 is 5.54. The van der Waals surface area contributed by atoms with Crippen LogP contribution in [-0.2, 0) is 9.53 Å². The molecule has 0 radical (unpaired) electrons. The maximum atomic E-state index is 12.0. The molecular formula is C16H21N3O2. The number of likely N-dealkylation sites (N-methyl/N-ethyl adjacent to an activating group) is 1. The minimum Gasteiger partial charge on any atom is -0.377 e. The van der Waals surface area contributed by atoms with Gasteiger partial charge in [0.25, 0.3) is 0 Å². The van der Waals surface area contributed by atoms with Gasteiger partial charge in [0.15, 0.2) is 0 Å².